The minimum atomic E-state index is -0.488. The number of piperidine rings is 2. The van der Waals surface area contributed by atoms with Crippen molar-refractivity contribution >= 4 is 11.8 Å². The Balaban J connectivity index is 1.51. The summed E-state index contributed by atoms with van der Waals surface area (Å²) in [5.41, 5.74) is 7.46. The van der Waals surface area contributed by atoms with Gasteiger partial charge in [-0.05, 0) is 65.5 Å². The van der Waals surface area contributed by atoms with Crippen LogP contribution in [0.3, 0.4) is 0 Å². The van der Waals surface area contributed by atoms with E-state index in [1.807, 2.05) is 0 Å². The van der Waals surface area contributed by atoms with Gasteiger partial charge in [0.2, 0.25) is 11.8 Å². The highest BCUT2D eigenvalue weighted by Crippen LogP contribution is 2.28. The molecule has 1 saturated carbocycles. The van der Waals surface area contributed by atoms with Crippen molar-refractivity contribution < 1.29 is 9.59 Å². The Morgan fingerprint density at radius 1 is 0.926 bits per heavy atom. The molecule has 3 aliphatic rings. The van der Waals surface area contributed by atoms with Gasteiger partial charge in [-0.2, -0.15) is 0 Å². The van der Waals surface area contributed by atoms with Gasteiger partial charge in [0.05, 0.1) is 6.17 Å². The molecule has 0 bridgehead atoms. The van der Waals surface area contributed by atoms with Crippen LogP contribution in [0.15, 0.2) is 0 Å². The molecule has 6 nitrogen and oxygen atoms in total. The molecule has 2 amide bonds. The van der Waals surface area contributed by atoms with Crippen molar-refractivity contribution in [1.29, 1.82) is 0 Å². The fraction of sp³-hybridized carbons (Fsp3) is 0.905. The summed E-state index contributed by atoms with van der Waals surface area (Å²) < 4.78 is 0. The van der Waals surface area contributed by atoms with E-state index in [9.17, 15) is 9.59 Å². The van der Waals surface area contributed by atoms with Crippen LogP contribution in [-0.2, 0) is 9.59 Å². The molecule has 0 aromatic carbocycles. The summed E-state index contributed by atoms with van der Waals surface area (Å²) >= 11 is 0. The first-order chi connectivity index (χ1) is 13.0. The molecular weight excluding hydrogens is 340 g/mol. The second-order valence-corrected chi connectivity index (χ2v) is 9.04. The maximum Gasteiger partial charge on any atom is 0.241 e. The molecule has 3 fully saturated rings. The number of hydrogen-bond donors (Lipinski definition) is 1. The number of hydrogen-bond acceptors (Lipinski definition) is 4. The average Bonchev–Trinajstić information content (AvgIpc) is 2.68. The molecule has 2 atom stereocenters. The van der Waals surface area contributed by atoms with Gasteiger partial charge < -0.3 is 10.2 Å². The Hall–Kier alpha value is -1.14. The van der Waals surface area contributed by atoms with Crippen molar-refractivity contribution in [3.8, 4) is 0 Å². The monoisotopic (exact) mass is 377 g/mol. The quantitative estimate of drug-likeness (QED) is 0.798. The second-order valence-electron chi connectivity index (χ2n) is 9.04. The summed E-state index contributed by atoms with van der Waals surface area (Å²) in [5.74, 6) is -0.491. The van der Waals surface area contributed by atoms with Gasteiger partial charge in [-0.3, -0.25) is 20.2 Å². The molecule has 1 aliphatic carbocycles. The highest BCUT2D eigenvalue weighted by atomic mass is 16.2. The number of amides is 2. The molecule has 2 aliphatic heterocycles. The van der Waals surface area contributed by atoms with Crippen LogP contribution in [0.25, 0.3) is 0 Å². The lowest BCUT2D eigenvalue weighted by Crippen LogP contribution is -2.57. The summed E-state index contributed by atoms with van der Waals surface area (Å²) in [6.07, 6.45) is 9.82. The van der Waals surface area contributed by atoms with Crippen LogP contribution in [-0.4, -0.2) is 59.5 Å². The third kappa shape index (κ3) is 5.23. The summed E-state index contributed by atoms with van der Waals surface area (Å²) in [4.78, 5) is 29.3. The van der Waals surface area contributed by atoms with E-state index in [2.05, 4.69) is 29.0 Å². The topological polar surface area (TPSA) is 76.5 Å². The summed E-state index contributed by atoms with van der Waals surface area (Å²) in [6.45, 7) is 7.11. The predicted molar refractivity (Wildman–Crippen MR) is 106 cm³/mol. The Bertz CT molecular complexity index is 510. The van der Waals surface area contributed by atoms with Crippen molar-refractivity contribution in [2.75, 3.05) is 19.6 Å². The van der Waals surface area contributed by atoms with Crippen molar-refractivity contribution in [3.63, 3.8) is 0 Å². The highest BCUT2D eigenvalue weighted by molar-refractivity contribution is 5.79. The summed E-state index contributed by atoms with van der Waals surface area (Å²) in [6, 6.07) is 1.06. The number of rotatable bonds is 5. The third-order valence-electron chi connectivity index (χ3n) is 6.98. The molecule has 0 spiro atoms. The Morgan fingerprint density at radius 2 is 1.56 bits per heavy atom. The van der Waals surface area contributed by atoms with E-state index < -0.39 is 5.91 Å². The number of carbonyl (C=O) groups excluding carboxylic acids is 2. The lowest BCUT2D eigenvalue weighted by molar-refractivity contribution is -0.132. The Kier molecular flexibility index (Phi) is 7.15. The number of nitrogens with zero attached hydrogens (tertiary/aromatic N) is 2. The van der Waals surface area contributed by atoms with Gasteiger partial charge in [-0.15, -0.1) is 0 Å². The number of carbonyl (C=O) groups is 2. The molecule has 1 radical (unpaired) electrons. The molecule has 0 aromatic rings. The van der Waals surface area contributed by atoms with E-state index in [4.69, 9.17) is 5.73 Å². The van der Waals surface area contributed by atoms with Crippen LogP contribution in [0.2, 0.25) is 0 Å². The second kappa shape index (κ2) is 9.37. The molecule has 2 unspecified atom stereocenters. The summed E-state index contributed by atoms with van der Waals surface area (Å²) in [7, 11) is 0. The standard InChI is InChI=1S/C21H37N4O2/c1-15(2)25-13-10-17(20(22)26)14-19(25)23-21(27)16-8-11-24(12-9-16)18-6-4-3-5-7-18/h15-19,22H,3-14H2,1-2H3,(H,23,27). The van der Waals surface area contributed by atoms with Gasteiger partial charge in [-0.25, -0.2) is 0 Å². The number of likely N-dealkylation sites (tertiary alicyclic amines) is 2. The first-order valence-electron chi connectivity index (χ1n) is 11.0. The molecule has 153 valence electrons. The zero-order valence-electron chi connectivity index (χ0n) is 17.1. The van der Waals surface area contributed by atoms with E-state index in [0.717, 1.165) is 44.9 Å². The molecule has 2 heterocycles. The molecule has 2 N–H and O–H groups in total. The van der Waals surface area contributed by atoms with E-state index in [1.54, 1.807) is 0 Å². The first-order valence-corrected chi connectivity index (χ1v) is 11.0. The first kappa shape index (κ1) is 20.6. The maximum absolute atomic E-state index is 12.9. The molecule has 0 aromatic heterocycles. The van der Waals surface area contributed by atoms with Crippen LogP contribution < -0.4 is 11.1 Å². The molecule has 27 heavy (non-hydrogen) atoms. The van der Waals surface area contributed by atoms with E-state index in [1.165, 1.54) is 32.1 Å². The largest absolute Gasteiger partial charge is 0.340 e. The maximum atomic E-state index is 12.9. The van der Waals surface area contributed by atoms with Crippen LogP contribution in [0, 0.1) is 11.8 Å². The normalized spacial score (nSPS) is 29.7. The highest BCUT2D eigenvalue weighted by Gasteiger charge is 2.36. The van der Waals surface area contributed by atoms with E-state index in [-0.39, 0.29) is 23.9 Å². The van der Waals surface area contributed by atoms with Gasteiger partial charge in [0, 0.05) is 30.5 Å². The van der Waals surface area contributed by atoms with Crippen molar-refractivity contribution in [1.82, 2.24) is 20.9 Å². The van der Waals surface area contributed by atoms with Crippen LogP contribution in [0.4, 0.5) is 0 Å². The minimum Gasteiger partial charge on any atom is -0.340 e. The van der Waals surface area contributed by atoms with Gasteiger partial charge >= 0.3 is 0 Å². The fourth-order valence-electron chi connectivity index (χ4n) is 5.24. The SMILES string of the molecule is CC(C)N1CCC(C([NH])=O)CC1NC(=O)C1CCN(C2CCCCC2)CC1. The minimum absolute atomic E-state index is 0.0888. The lowest BCUT2D eigenvalue weighted by Gasteiger charge is -2.42. The van der Waals surface area contributed by atoms with Gasteiger partial charge in [0.15, 0.2) is 0 Å². The van der Waals surface area contributed by atoms with Crippen LogP contribution in [0.1, 0.15) is 71.6 Å². The predicted octanol–water partition coefficient (Wildman–Crippen LogP) is 2.40. The Morgan fingerprint density at radius 3 is 2.15 bits per heavy atom. The molecular formula is C21H37N4O2. The smallest absolute Gasteiger partial charge is 0.241 e. The Labute approximate surface area is 164 Å². The van der Waals surface area contributed by atoms with E-state index >= 15 is 0 Å². The molecule has 3 rings (SSSR count). The summed E-state index contributed by atoms with van der Waals surface area (Å²) in [5, 5.41) is 3.23. The number of nitrogens with one attached hydrogen (secondary N) is 2. The average molecular weight is 378 g/mol. The lowest BCUT2D eigenvalue weighted by atomic mass is 9.89. The van der Waals surface area contributed by atoms with Crippen molar-refractivity contribution in [2.45, 2.75) is 89.9 Å². The molecule has 2 saturated heterocycles. The van der Waals surface area contributed by atoms with Gasteiger partial charge in [0.1, 0.15) is 0 Å². The third-order valence-corrected chi connectivity index (χ3v) is 6.98. The van der Waals surface area contributed by atoms with Crippen LogP contribution >= 0.6 is 0 Å². The fourth-order valence-corrected chi connectivity index (χ4v) is 5.24. The van der Waals surface area contributed by atoms with Gasteiger partial charge in [0.25, 0.3) is 0 Å². The molecule has 6 heteroatoms. The zero-order chi connectivity index (χ0) is 19.4. The van der Waals surface area contributed by atoms with E-state index in [0.29, 0.717) is 12.5 Å². The van der Waals surface area contributed by atoms with Gasteiger partial charge in [-0.1, -0.05) is 19.3 Å². The van der Waals surface area contributed by atoms with Crippen LogP contribution in [0.5, 0.6) is 0 Å². The van der Waals surface area contributed by atoms with Crippen molar-refractivity contribution in [3.05, 3.63) is 0 Å². The zero-order valence-corrected chi connectivity index (χ0v) is 17.1. The van der Waals surface area contributed by atoms with Crippen molar-refractivity contribution in [2.24, 2.45) is 11.8 Å².